The molecule has 1 heterocycles. The molecule has 0 aromatic heterocycles. The van der Waals surface area contributed by atoms with Gasteiger partial charge < -0.3 is 4.74 Å². The molecule has 1 aromatic rings. The third-order valence-corrected chi connectivity index (χ3v) is 3.40. The molecule has 1 atom stereocenters. The van der Waals surface area contributed by atoms with Crippen molar-refractivity contribution in [3.8, 4) is 0 Å². The molecule has 1 aliphatic rings. The van der Waals surface area contributed by atoms with Gasteiger partial charge in [-0.2, -0.15) is 0 Å². The highest BCUT2D eigenvalue weighted by Crippen LogP contribution is 2.29. The lowest BCUT2D eigenvalue weighted by Crippen LogP contribution is -2.03. The molecule has 1 aromatic carbocycles. The molecule has 1 heteroatoms. The van der Waals surface area contributed by atoms with Gasteiger partial charge in [-0.25, -0.2) is 0 Å². The molecule has 1 nitrogen and oxygen atoms in total. The Bertz CT molecular complexity index is 468. The van der Waals surface area contributed by atoms with E-state index in [0.29, 0.717) is 6.61 Å². The van der Waals surface area contributed by atoms with Gasteiger partial charge in [-0.3, -0.25) is 0 Å². The fraction of sp³-hybridized carbons (Fsp3) is 0.333. The van der Waals surface area contributed by atoms with Crippen LogP contribution >= 0.6 is 0 Å². The van der Waals surface area contributed by atoms with Crippen molar-refractivity contribution in [2.24, 2.45) is 0 Å². The number of hydrogen-bond acceptors (Lipinski definition) is 1. The third kappa shape index (κ3) is 3.68. The Kier molecular flexibility index (Phi) is 5.17. The van der Waals surface area contributed by atoms with Crippen LogP contribution in [0.1, 0.15) is 31.7 Å². The Morgan fingerprint density at radius 3 is 2.84 bits per heavy atom. The fourth-order valence-corrected chi connectivity index (χ4v) is 2.38. The summed E-state index contributed by atoms with van der Waals surface area (Å²) in [5.41, 5.74) is 3.75. The molecule has 0 spiro atoms. The summed E-state index contributed by atoms with van der Waals surface area (Å²) in [4.78, 5) is 0. The van der Waals surface area contributed by atoms with Gasteiger partial charge in [0, 0.05) is 0 Å². The van der Waals surface area contributed by atoms with E-state index in [1.807, 2.05) is 12.1 Å². The van der Waals surface area contributed by atoms with Crippen molar-refractivity contribution in [2.75, 3.05) is 6.61 Å². The van der Waals surface area contributed by atoms with Crippen molar-refractivity contribution in [1.29, 1.82) is 0 Å². The molecule has 0 saturated carbocycles. The molecule has 0 bridgehead atoms. The van der Waals surface area contributed by atoms with Gasteiger partial charge in [-0.1, -0.05) is 68.8 Å². The van der Waals surface area contributed by atoms with Gasteiger partial charge in [-0.15, -0.1) is 0 Å². The molecule has 100 valence electrons. The number of benzene rings is 1. The van der Waals surface area contributed by atoms with Gasteiger partial charge in [0.1, 0.15) is 0 Å². The first-order valence-corrected chi connectivity index (χ1v) is 7.06. The summed E-state index contributed by atoms with van der Waals surface area (Å²) >= 11 is 0. The van der Waals surface area contributed by atoms with E-state index in [2.05, 4.69) is 49.9 Å². The zero-order valence-electron chi connectivity index (χ0n) is 11.6. The summed E-state index contributed by atoms with van der Waals surface area (Å²) in [7, 11) is 0. The third-order valence-electron chi connectivity index (χ3n) is 3.40. The number of hydrogen-bond donors (Lipinski definition) is 0. The number of unbranched alkanes of at least 4 members (excludes halogenated alkanes) is 1. The zero-order chi connectivity index (χ0) is 13.5. The SMILES string of the molecule is C=C/C=C(/C1=CC(CCCC)OC1)c1ccccc1. The summed E-state index contributed by atoms with van der Waals surface area (Å²) in [5, 5.41) is 0. The number of ether oxygens (including phenoxy) is 1. The van der Waals surface area contributed by atoms with E-state index in [0.717, 1.165) is 6.42 Å². The maximum Gasteiger partial charge on any atom is 0.0767 e. The highest BCUT2D eigenvalue weighted by atomic mass is 16.5. The first-order valence-electron chi connectivity index (χ1n) is 7.06. The molecule has 0 amide bonds. The topological polar surface area (TPSA) is 9.23 Å². The first kappa shape index (κ1) is 13.8. The smallest absolute Gasteiger partial charge is 0.0767 e. The average molecular weight is 254 g/mol. The van der Waals surface area contributed by atoms with Gasteiger partial charge in [0.15, 0.2) is 0 Å². The Hall–Kier alpha value is -1.60. The standard InChI is InChI=1S/C18H22O/c1-3-5-12-17-13-16(14-19-17)18(9-4-2)15-10-7-6-8-11-15/h4,6-11,13,17H,2-3,5,12,14H2,1H3/b18-9+. The van der Waals surface area contributed by atoms with Gasteiger partial charge in [0.25, 0.3) is 0 Å². The van der Waals surface area contributed by atoms with E-state index >= 15 is 0 Å². The largest absolute Gasteiger partial charge is 0.369 e. The minimum absolute atomic E-state index is 0.284. The minimum Gasteiger partial charge on any atom is -0.369 e. The summed E-state index contributed by atoms with van der Waals surface area (Å²) in [6, 6.07) is 10.4. The van der Waals surface area contributed by atoms with Crippen molar-refractivity contribution in [3.05, 3.63) is 66.3 Å². The van der Waals surface area contributed by atoms with Crippen molar-refractivity contribution < 1.29 is 4.74 Å². The van der Waals surface area contributed by atoms with Gasteiger partial charge in [0.2, 0.25) is 0 Å². The van der Waals surface area contributed by atoms with Gasteiger partial charge in [0.05, 0.1) is 12.7 Å². The Labute approximate surface area is 116 Å². The molecule has 19 heavy (non-hydrogen) atoms. The molecule has 0 saturated heterocycles. The second-order valence-corrected chi connectivity index (χ2v) is 4.87. The predicted molar refractivity (Wildman–Crippen MR) is 82.0 cm³/mol. The Morgan fingerprint density at radius 1 is 1.37 bits per heavy atom. The van der Waals surface area contributed by atoms with Gasteiger partial charge >= 0.3 is 0 Å². The lowest BCUT2D eigenvalue weighted by molar-refractivity contribution is 0.118. The van der Waals surface area contributed by atoms with Crippen molar-refractivity contribution >= 4 is 5.57 Å². The summed E-state index contributed by atoms with van der Waals surface area (Å²) < 4.78 is 5.85. The van der Waals surface area contributed by atoms with E-state index in [4.69, 9.17) is 4.74 Å². The van der Waals surface area contributed by atoms with Crippen LogP contribution in [0, 0.1) is 0 Å². The molecule has 1 aliphatic heterocycles. The van der Waals surface area contributed by atoms with Gasteiger partial charge in [-0.05, 0) is 29.2 Å². The van der Waals surface area contributed by atoms with Crippen LogP contribution in [-0.4, -0.2) is 12.7 Å². The van der Waals surface area contributed by atoms with E-state index in [1.165, 1.54) is 29.6 Å². The maximum absolute atomic E-state index is 5.85. The second kappa shape index (κ2) is 7.10. The molecule has 0 aliphatic carbocycles. The Morgan fingerprint density at radius 2 is 2.16 bits per heavy atom. The molecule has 0 N–H and O–H groups in total. The van der Waals surface area contributed by atoms with Crippen LogP contribution in [-0.2, 0) is 4.74 Å². The lowest BCUT2D eigenvalue weighted by atomic mass is 9.97. The molecular weight excluding hydrogens is 232 g/mol. The second-order valence-electron chi connectivity index (χ2n) is 4.87. The van der Waals surface area contributed by atoms with Crippen LogP contribution in [0.5, 0.6) is 0 Å². The molecule has 0 fully saturated rings. The molecule has 2 rings (SSSR count). The summed E-state index contributed by atoms with van der Waals surface area (Å²) in [6.45, 7) is 6.75. The predicted octanol–water partition coefficient (Wildman–Crippen LogP) is 4.77. The normalized spacial score (nSPS) is 19.3. The van der Waals surface area contributed by atoms with Crippen LogP contribution in [0.4, 0.5) is 0 Å². The maximum atomic E-state index is 5.85. The van der Waals surface area contributed by atoms with E-state index in [-0.39, 0.29) is 6.10 Å². The first-order chi connectivity index (χ1) is 9.35. The van der Waals surface area contributed by atoms with Crippen molar-refractivity contribution in [3.63, 3.8) is 0 Å². The van der Waals surface area contributed by atoms with Crippen LogP contribution in [0.3, 0.4) is 0 Å². The zero-order valence-corrected chi connectivity index (χ0v) is 11.6. The quantitative estimate of drug-likeness (QED) is 0.664. The van der Waals surface area contributed by atoms with Crippen LogP contribution in [0.15, 0.2) is 60.7 Å². The van der Waals surface area contributed by atoms with Crippen LogP contribution < -0.4 is 0 Å². The fourth-order valence-electron chi connectivity index (χ4n) is 2.38. The number of rotatable bonds is 6. The van der Waals surface area contributed by atoms with Crippen LogP contribution in [0.2, 0.25) is 0 Å². The van der Waals surface area contributed by atoms with E-state index < -0.39 is 0 Å². The van der Waals surface area contributed by atoms with Crippen molar-refractivity contribution in [2.45, 2.75) is 32.3 Å². The van der Waals surface area contributed by atoms with E-state index in [1.54, 1.807) is 0 Å². The summed E-state index contributed by atoms with van der Waals surface area (Å²) in [6.07, 6.45) is 10.0. The molecule has 0 radical (unpaired) electrons. The monoisotopic (exact) mass is 254 g/mol. The molecule has 1 unspecified atom stereocenters. The minimum atomic E-state index is 0.284. The number of allylic oxidation sites excluding steroid dienone is 2. The molecular formula is C18H22O. The average Bonchev–Trinajstić information content (AvgIpc) is 2.92. The van der Waals surface area contributed by atoms with Crippen molar-refractivity contribution in [1.82, 2.24) is 0 Å². The van der Waals surface area contributed by atoms with E-state index in [9.17, 15) is 0 Å². The lowest BCUT2D eigenvalue weighted by Gasteiger charge is -2.07. The highest BCUT2D eigenvalue weighted by molar-refractivity contribution is 5.80. The highest BCUT2D eigenvalue weighted by Gasteiger charge is 2.18. The summed E-state index contributed by atoms with van der Waals surface area (Å²) in [5.74, 6) is 0. The Balaban J connectivity index is 2.18. The van der Waals surface area contributed by atoms with Crippen LogP contribution in [0.25, 0.3) is 5.57 Å².